The largest absolute Gasteiger partial charge is 0.370 e. The lowest BCUT2D eigenvalue weighted by molar-refractivity contribution is -0.385. The van der Waals surface area contributed by atoms with E-state index < -0.39 is 4.92 Å². The fourth-order valence-corrected chi connectivity index (χ4v) is 1.40. The van der Waals surface area contributed by atoms with Gasteiger partial charge in [-0.05, 0) is 23.8 Å². The van der Waals surface area contributed by atoms with Crippen molar-refractivity contribution in [3.63, 3.8) is 0 Å². The standard InChI is InChI=1S/C13H21N3O2/c1-9-6-11(16(17)18)8-15-12(9)14-7-10(2)13(3,4)5/h6,8,10H,7H2,1-5H3,(H,14,15). The Labute approximate surface area is 108 Å². The maximum Gasteiger partial charge on any atom is 0.287 e. The lowest BCUT2D eigenvalue weighted by Gasteiger charge is -2.27. The molecule has 1 unspecified atom stereocenters. The maximum atomic E-state index is 10.6. The number of pyridine rings is 1. The van der Waals surface area contributed by atoms with Crippen LogP contribution in [0.15, 0.2) is 12.3 Å². The Morgan fingerprint density at radius 1 is 1.50 bits per heavy atom. The molecule has 0 radical (unpaired) electrons. The number of nitrogens with one attached hydrogen (secondary N) is 1. The van der Waals surface area contributed by atoms with Gasteiger partial charge in [-0.3, -0.25) is 10.1 Å². The summed E-state index contributed by atoms with van der Waals surface area (Å²) in [6.07, 6.45) is 1.29. The number of aryl methyl sites for hydroxylation is 1. The second-order valence-electron chi connectivity index (χ2n) is 5.76. The quantitative estimate of drug-likeness (QED) is 0.658. The average Bonchev–Trinajstić information content (AvgIpc) is 2.25. The number of rotatable bonds is 4. The van der Waals surface area contributed by atoms with Gasteiger partial charge in [0, 0.05) is 12.6 Å². The van der Waals surface area contributed by atoms with E-state index in [0.29, 0.717) is 5.92 Å². The molecule has 0 aliphatic rings. The monoisotopic (exact) mass is 251 g/mol. The number of anilines is 1. The summed E-state index contributed by atoms with van der Waals surface area (Å²) in [5.74, 6) is 1.20. The van der Waals surface area contributed by atoms with Gasteiger partial charge in [-0.2, -0.15) is 0 Å². The van der Waals surface area contributed by atoms with Gasteiger partial charge in [0.15, 0.2) is 0 Å². The van der Waals surface area contributed by atoms with Gasteiger partial charge in [-0.15, -0.1) is 0 Å². The van der Waals surface area contributed by atoms with Gasteiger partial charge in [0.2, 0.25) is 0 Å². The highest BCUT2D eigenvalue weighted by Crippen LogP contribution is 2.26. The van der Waals surface area contributed by atoms with E-state index in [1.807, 2.05) is 6.92 Å². The van der Waals surface area contributed by atoms with Crippen LogP contribution in [0.5, 0.6) is 0 Å². The molecule has 0 spiro atoms. The zero-order chi connectivity index (χ0) is 13.9. The van der Waals surface area contributed by atoms with Crippen molar-refractivity contribution < 1.29 is 4.92 Å². The number of hydrogen-bond acceptors (Lipinski definition) is 4. The van der Waals surface area contributed by atoms with Gasteiger partial charge in [-0.1, -0.05) is 27.7 Å². The third kappa shape index (κ3) is 3.68. The van der Waals surface area contributed by atoms with E-state index in [9.17, 15) is 10.1 Å². The summed E-state index contributed by atoms with van der Waals surface area (Å²) in [4.78, 5) is 14.3. The highest BCUT2D eigenvalue weighted by molar-refractivity contribution is 5.48. The minimum atomic E-state index is -0.429. The van der Waals surface area contributed by atoms with E-state index >= 15 is 0 Å². The van der Waals surface area contributed by atoms with Crippen LogP contribution in [0.2, 0.25) is 0 Å². The Kier molecular flexibility index (Phi) is 4.27. The summed E-state index contributed by atoms with van der Waals surface area (Å²) < 4.78 is 0. The fourth-order valence-electron chi connectivity index (χ4n) is 1.40. The van der Waals surface area contributed by atoms with Crippen LogP contribution in [-0.2, 0) is 0 Å². The molecule has 0 aliphatic carbocycles. The van der Waals surface area contributed by atoms with Crippen LogP contribution in [0.25, 0.3) is 0 Å². The molecule has 0 bridgehead atoms. The molecule has 18 heavy (non-hydrogen) atoms. The summed E-state index contributed by atoms with van der Waals surface area (Å²) in [5, 5.41) is 13.9. The first-order valence-corrected chi connectivity index (χ1v) is 6.06. The smallest absolute Gasteiger partial charge is 0.287 e. The number of hydrogen-bond donors (Lipinski definition) is 1. The Hall–Kier alpha value is -1.65. The lowest BCUT2D eigenvalue weighted by Crippen LogP contribution is -2.25. The summed E-state index contributed by atoms with van der Waals surface area (Å²) >= 11 is 0. The predicted molar refractivity (Wildman–Crippen MR) is 72.7 cm³/mol. The third-order valence-corrected chi connectivity index (χ3v) is 3.33. The topological polar surface area (TPSA) is 68.1 Å². The average molecular weight is 251 g/mol. The third-order valence-electron chi connectivity index (χ3n) is 3.33. The molecule has 0 saturated heterocycles. The molecule has 1 N–H and O–H groups in total. The van der Waals surface area contributed by atoms with Gasteiger partial charge >= 0.3 is 0 Å². The van der Waals surface area contributed by atoms with Crippen LogP contribution < -0.4 is 5.32 Å². The molecule has 5 nitrogen and oxygen atoms in total. The zero-order valence-electron chi connectivity index (χ0n) is 11.7. The first-order chi connectivity index (χ1) is 8.21. The van der Waals surface area contributed by atoms with Crippen molar-refractivity contribution in [3.8, 4) is 0 Å². The molecule has 100 valence electrons. The second kappa shape index (κ2) is 5.33. The Morgan fingerprint density at radius 2 is 2.11 bits per heavy atom. The number of nitrogens with zero attached hydrogens (tertiary/aromatic N) is 2. The zero-order valence-corrected chi connectivity index (χ0v) is 11.7. The molecular formula is C13H21N3O2. The van der Waals surface area contributed by atoms with Crippen LogP contribution in [0.3, 0.4) is 0 Å². The van der Waals surface area contributed by atoms with Gasteiger partial charge in [0.1, 0.15) is 12.0 Å². The highest BCUT2D eigenvalue weighted by Gasteiger charge is 2.20. The van der Waals surface area contributed by atoms with E-state index in [2.05, 4.69) is 38.0 Å². The van der Waals surface area contributed by atoms with Gasteiger partial charge in [0.05, 0.1) is 4.92 Å². The van der Waals surface area contributed by atoms with Gasteiger partial charge < -0.3 is 5.32 Å². The molecule has 0 saturated carbocycles. The fraction of sp³-hybridized carbons (Fsp3) is 0.615. The SMILES string of the molecule is Cc1cc([N+](=O)[O-])cnc1NCC(C)C(C)(C)C. The molecule has 0 aliphatic heterocycles. The van der Waals surface area contributed by atoms with E-state index in [0.717, 1.165) is 17.9 Å². The van der Waals surface area contributed by atoms with Crippen molar-refractivity contribution >= 4 is 11.5 Å². The highest BCUT2D eigenvalue weighted by atomic mass is 16.6. The summed E-state index contributed by atoms with van der Waals surface area (Å²) in [5.41, 5.74) is 1.05. The molecule has 5 heteroatoms. The molecule has 1 rings (SSSR count). The minimum Gasteiger partial charge on any atom is -0.370 e. The van der Waals surface area contributed by atoms with Crippen LogP contribution in [0, 0.1) is 28.4 Å². The normalized spacial score (nSPS) is 13.2. The maximum absolute atomic E-state index is 10.6. The van der Waals surface area contributed by atoms with Crippen molar-refractivity contribution in [3.05, 3.63) is 27.9 Å². The van der Waals surface area contributed by atoms with Crippen molar-refractivity contribution in [2.75, 3.05) is 11.9 Å². The Morgan fingerprint density at radius 3 is 2.56 bits per heavy atom. The van der Waals surface area contributed by atoms with Crippen LogP contribution in [-0.4, -0.2) is 16.5 Å². The molecule has 0 fully saturated rings. The van der Waals surface area contributed by atoms with Crippen molar-refractivity contribution in [1.29, 1.82) is 0 Å². The summed E-state index contributed by atoms with van der Waals surface area (Å²) in [6.45, 7) is 11.4. The van der Waals surface area contributed by atoms with E-state index in [1.165, 1.54) is 12.3 Å². The Bertz CT molecular complexity index is 438. The van der Waals surface area contributed by atoms with Crippen molar-refractivity contribution in [1.82, 2.24) is 4.98 Å². The first kappa shape index (κ1) is 14.4. The predicted octanol–water partition coefficient (Wildman–Crippen LogP) is 3.39. The van der Waals surface area contributed by atoms with Crippen LogP contribution >= 0.6 is 0 Å². The van der Waals surface area contributed by atoms with Gasteiger partial charge in [0.25, 0.3) is 5.69 Å². The minimum absolute atomic E-state index is 0.0296. The van der Waals surface area contributed by atoms with Crippen LogP contribution in [0.4, 0.5) is 11.5 Å². The molecule has 1 aromatic rings. The number of nitro groups is 1. The van der Waals surface area contributed by atoms with E-state index in [1.54, 1.807) is 0 Å². The molecule has 0 amide bonds. The Balaban J connectivity index is 2.72. The van der Waals surface area contributed by atoms with Crippen molar-refractivity contribution in [2.24, 2.45) is 11.3 Å². The van der Waals surface area contributed by atoms with Crippen LogP contribution in [0.1, 0.15) is 33.3 Å². The number of aromatic nitrogens is 1. The molecule has 0 aromatic carbocycles. The molecule has 1 aromatic heterocycles. The molecular weight excluding hydrogens is 230 g/mol. The van der Waals surface area contributed by atoms with Gasteiger partial charge in [-0.25, -0.2) is 4.98 Å². The summed E-state index contributed by atoms with van der Waals surface area (Å²) in [7, 11) is 0. The summed E-state index contributed by atoms with van der Waals surface area (Å²) in [6, 6.07) is 1.54. The lowest BCUT2D eigenvalue weighted by atomic mass is 9.82. The molecule has 1 atom stereocenters. The second-order valence-corrected chi connectivity index (χ2v) is 5.76. The van der Waals surface area contributed by atoms with E-state index in [4.69, 9.17) is 0 Å². The van der Waals surface area contributed by atoms with E-state index in [-0.39, 0.29) is 11.1 Å². The van der Waals surface area contributed by atoms with Crippen molar-refractivity contribution in [2.45, 2.75) is 34.6 Å². The molecule has 1 heterocycles. The first-order valence-electron chi connectivity index (χ1n) is 6.06.